The van der Waals surface area contributed by atoms with Crippen LogP contribution in [0.3, 0.4) is 0 Å². The van der Waals surface area contributed by atoms with E-state index in [0.29, 0.717) is 23.8 Å². The van der Waals surface area contributed by atoms with Gasteiger partial charge >= 0.3 is 5.97 Å². The third-order valence-corrected chi connectivity index (χ3v) is 5.59. The summed E-state index contributed by atoms with van der Waals surface area (Å²) >= 11 is 1.41. The highest BCUT2D eigenvalue weighted by atomic mass is 32.2. The highest BCUT2D eigenvalue weighted by Crippen LogP contribution is 2.38. The van der Waals surface area contributed by atoms with Crippen LogP contribution < -0.4 is 10.0 Å². The molecule has 20 heavy (non-hydrogen) atoms. The number of rotatable bonds is 7. The van der Waals surface area contributed by atoms with Gasteiger partial charge in [-0.1, -0.05) is 6.92 Å². The van der Waals surface area contributed by atoms with Gasteiger partial charge in [-0.25, -0.2) is 18.1 Å². The lowest BCUT2D eigenvalue weighted by Gasteiger charge is -2.05. The molecule has 0 aromatic carbocycles. The topological polar surface area (TPSA) is 108 Å². The summed E-state index contributed by atoms with van der Waals surface area (Å²) in [6.07, 6.45) is 1.32. The fourth-order valence-corrected chi connectivity index (χ4v) is 4.15. The maximum absolute atomic E-state index is 11.5. The van der Waals surface area contributed by atoms with E-state index in [1.54, 1.807) is 6.92 Å². The molecule has 3 N–H and O–H groups in total. The molecule has 1 aliphatic carbocycles. The molecule has 2 rings (SSSR count). The summed E-state index contributed by atoms with van der Waals surface area (Å²) in [6.45, 7) is 2.34. The second-order valence-electron chi connectivity index (χ2n) is 4.50. The molecule has 1 aromatic heterocycles. The van der Waals surface area contributed by atoms with Crippen LogP contribution in [0.25, 0.3) is 0 Å². The Kier molecular flexibility index (Phi) is 4.61. The van der Waals surface area contributed by atoms with E-state index in [-0.39, 0.29) is 12.3 Å². The molecule has 0 saturated carbocycles. The van der Waals surface area contributed by atoms with Gasteiger partial charge in [0, 0.05) is 18.0 Å². The summed E-state index contributed by atoms with van der Waals surface area (Å²) in [5, 5.41) is 12.6. The molecule has 1 atom stereocenters. The highest BCUT2D eigenvalue weighted by Gasteiger charge is 2.32. The van der Waals surface area contributed by atoms with Gasteiger partial charge in [-0.3, -0.25) is 4.79 Å². The zero-order valence-corrected chi connectivity index (χ0v) is 12.7. The quantitative estimate of drug-likeness (QED) is 0.679. The number of sulfonamides is 1. The SMILES string of the molecule is CCNS(=O)(=O)CCNc1nc2c(s1)CCC2C(=O)O. The van der Waals surface area contributed by atoms with Gasteiger partial charge < -0.3 is 10.4 Å². The lowest BCUT2D eigenvalue weighted by Crippen LogP contribution is -2.29. The van der Waals surface area contributed by atoms with E-state index in [1.807, 2.05) is 0 Å². The first-order valence-corrected chi connectivity index (χ1v) is 8.83. The van der Waals surface area contributed by atoms with Crippen LogP contribution in [0.5, 0.6) is 0 Å². The minimum atomic E-state index is -3.25. The van der Waals surface area contributed by atoms with Gasteiger partial charge in [-0.2, -0.15) is 0 Å². The monoisotopic (exact) mass is 319 g/mol. The average molecular weight is 319 g/mol. The van der Waals surface area contributed by atoms with Crippen molar-refractivity contribution in [3.05, 3.63) is 10.6 Å². The van der Waals surface area contributed by atoms with Crippen LogP contribution in [0.4, 0.5) is 5.13 Å². The predicted octanol–water partition coefficient (Wildman–Crippen LogP) is 0.609. The van der Waals surface area contributed by atoms with Crippen molar-refractivity contribution in [3.63, 3.8) is 0 Å². The maximum Gasteiger partial charge on any atom is 0.312 e. The van der Waals surface area contributed by atoms with Gasteiger partial charge in [0.05, 0.1) is 11.4 Å². The van der Waals surface area contributed by atoms with Crippen molar-refractivity contribution >= 4 is 32.5 Å². The Bertz CT molecular complexity index is 597. The van der Waals surface area contributed by atoms with Gasteiger partial charge in [-0.15, -0.1) is 11.3 Å². The number of thiazole rings is 1. The zero-order valence-electron chi connectivity index (χ0n) is 11.0. The Balaban J connectivity index is 1.93. The first kappa shape index (κ1) is 15.2. The molecule has 0 fully saturated rings. The normalized spacial score (nSPS) is 17.9. The molecule has 112 valence electrons. The number of anilines is 1. The molecule has 9 heteroatoms. The van der Waals surface area contributed by atoms with E-state index in [1.165, 1.54) is 11.3 Å². The van der Waals surface area contributed by atoms with Gasteiger partial charge in [0.15, 0.2) is 5.13 Å². The van der Waals surface area contributed by atoms with Gasteiger partial charge in [0.1, 0.15) is 5.92 Å². The standard InChI is InChI=1S/C11H17N3O4S2/c1-2-13-20(17,18)6-5-12-11-14-9-7(10(15)16)3-4-8(9)19-11/h7,13H,2-6H2,1H3,(H,12,14)(H,15,16). The molecule has 1 aromatic rings. The molecule has 0 radical (unpaired) electrons. The Morgan fingerprint density at radius 3 is 2.95 bits per heavy atom. The van der Waals surface area contributed by atoms with Gasteiger partial charge in [-0.05, 0) is 12.8 Å². The highest BCUT2D eigenvalue weighted by molar-refractivity contribution is 7.89. The molecule has 0 saturated heterocycles. The number of aliphatic carboxylic acids is 1. The van der Waals surface area contributed by atoms with Crippen LogP contribution in [-0.2, 0) is 21.2 Å². The summed E-state index contributed by atoms with van der Waals surface area (Å²) < 4.78 is 25.3. The number of hydrogen-bond acceptors (Lipinski definition) is 6. The van der Waals surface area contributed by atoms with Crippen molar-refractivity contribution < 1.29 is 18.3 Å². The Morgan fingerprint density at radius 1 is 1.55 bits per heavy atom. The molecule has 0 spiro atoms. The number of hydrogen-bond donors (Lipinski definition) is 3. The van der Waals surface area contributed by atoms with E-state index < -0.39 is 21.9 Å². The number of nitrogens with one attached hydrogen (secondary N) is 2. The molecule has 0 amide bonds. The first-order chi connectivity index (χ1) is 9.43. The molecular formula is C11H17N3O4S2. The van der Waals surface area contributed by atoms with Crippen LogP contribution in [0, 0.1) is 0 Å². The second kappa shape index (κ2) is 6.06. The van der Waals surface area contributed by atoms with E-state index in [4.69, 9.17) is 5.11 Å². The molecule has 1 aliphatic rings. The van der Waals surface area contributed by atoms with Crippen LogP contribution in [-0.4, -0.2) is 43.3 Å². The Morgan fingerprint density at radius 2 is 2.30 bits per heavy atom. The molecular weight excluding hydrogens is 302 g/mol. The maximum atomic E-state index is 11.5. The summed E-state index contributed by atoms with van der Waals surface area (Å²) in [5.41, 5.74) is 0.625. The van der Waals surface area contributed by atoms with Gasteiger partial charge in [0.25, 0.3) is 0 Å². The lowest BCUT2D eigenvalue weighted by atomic mass is 10.1. The first-order valence-electron chi connectivity index (χ1n) is 6.36. The van der Waals surface area contributed by atoms with Crippen LogP contribution >= 0.6 is 11.3 Å². The second-order valence-corrected chi connectivity index (χ2v) is 7.51. The van der Waals surface area contributed by atoms with E-state index >= 15 is 0 Å². The summed E-state index contributed by atoms with van der Waals surface area (Å²) in [7, 11) is -3.25. The van der Waals surface area contributed by atoms with E-state index in [9.17, 15) is 13.2 Å². The minimum Gasteiger partial charge on any atom is -0.481 e. The molecule has 1 unspecified atom stereocenters. The number of aryl methyl sites for hydroxylation is 1. The smallest absolute Gasteiger partial charge is 0.312 e. The molecule has 0 aliphatic heterocycles. The van der Waals surface area contributed by atoms with Crippen molar-refractivity contribution in [2.24, 2.45) is 0 Å². The predicted molar refractivity (Wildman–Crippen MR) is 76.8 cm³/mol. The molecule has 7 nitrogen and oxygen atoms in total. The molecule has 0 bridgehead atoms. The number of carboxylic acid groups (broad SMARTS) is 1. The Labute approximate surface area is 121 Å². The summed E-state index contributed by atoms with van der Waals surface area (Å²) in [5.74, 6) is -1.41. The summed E-state index contributed by atoms with van der Waals surface area (Å²) in [6, 6.07) is 0. The van der Waals surface area contributed by atoms with Crippen molar-refractivity contribution in [3.8, 4) is 0 Å². The zero-order chi connectivity index (χ0) is 14.8. The third kappa shape index (κ3) is 3.47. The van der Waals surface area contributed by atoms with E-state index in [2.05, 4.69) is 15.0 Å². The number of fused-ring (bicyclic) bond motifs is 1. The largest absolute Gasteiger partial charge is 0.481 e. The lowest BCUT2D eigenvalue weighted by molar-refractivity contribution is -0.138. The third-order valence-electron chi connectivity index (χ3n) is 3.03. The average Bonchev–Trinajstić information content (AvgIpc) is 2.87. The fraction of sp³-hybridized carbons (Fsp3) is 0.636. The number of aromatic nitrogens is 1. The van der Waals surface area contributed by atoms with Crippen molar-refractivity contribution in [2.45, 2.75) is 25.7 Å². The van der Waals surface area contributed by atoms with Crippen molar-refractivity contribution in [2.75, 3.05) is 24.2 Å². The fourth-order valence-electron chi connectivity index (χ4n) is 2.13. The van der Waals surface area contributed by atoms with Crippen molar-refractivity contribution in [1.82, 2.24) is 9.71 Å². The number of nitrogens with zero attached hydrogens (tertiary/aromatic N) is 1. The number of carbonyl (C=O) groups is 1. The van der Waals surface area contributed by atoms with E-state index in [0.717, 1.165) is 11.3 Å². The van der Waals surface area contributed by atoms with Crippen molar-refractivity contribution in [1.29, 1.82) is 0 Å². The van der Waals surface area contributed by atoms with Gasteiger partial charge in [0.2, 0.25) is 10.0 Å². The Hall–Kier alpha value is -1.19. The van der Waals surface area contributed by atoms with Crippen LogP contribution in [0.15, 0.2) is 0 Å². The minimum absolute atomic E-state index is 0.0343. The van der Waals surface area contributed by atoms with Crippen LogP contribution in [0.1, 0.15) is 29.8 Å². The summed E-state index contributed by atoms with van der Waals surface area (Å²) in [4.78, 5) is 16.3. The molecule has 1 heterocycles. The number of carboxylic acids is 1. The van der Waals surface area contributed by atoms with Crippen LogP contribution in [0.2, 0.25) is 0 Å².